The van der Waals surface area contributed by atoms with Gasteiger partial charge in [0, 0.05) is 61.6 Å². The molecule has 0 aliphatic carbocycles. The van der Waals surface area contributed by atoms with Gasteiger partial charge in [-0.25, -0.2) is 4.79 Å². The number of aliphatic carboxylic acids is 2. The molecular formula is C52H75N15O12S2. The minimum absolute atomic E-state index is 0.0346. The van der Waals surface area contributed by atoms with Gasteiger partial charge in [-0.3, -0.25) is 53.1 Å². The Labute approximate surface area is 477 Å². The van der Waals surface area contributed by atoms with Crippen LogP contribution in [0.4, 0.5) is 0 Å². The van der Waals surface area contributed by atoms with Gasteiger partial charge in [-0.2, -0.15) is 12.6 Å². The summed E-state index contributed by atoms with van der Waals surface area (Å²) in [5.41, 5.74) is 25.2. The lowest BCUT2D eigenvalue weighted by molar-refractivity contribution is -0.144. The number of H-pyrrole nitrogens is 1. The number of hydrogen-bond acceptors (Lipinski definition) is 14. The second-order valence-corrected chi connectivity index (χ2v) is 20.7. The molecule has 3 aromatic rings. The molecule has 1 saturated heterocycles. The van der Waals surface area contributed by atoms with E-state index >= 15 is 0 Å². The fraction of sp³-hybridized carbons (Fsp3) is 0.500. The quantitative estimate of drug-likeness (QED) is 0.0103. The second-order valence-electron chi connectivity index (χ2n) is 19.3. The van der Waals surface area contributed by atoms with Crippen molar-refractivity contribution in [3.63, 3.8) is 0 Å². The molecule has 4 rings (SSSR count). The van der Waals surface area contributed by atoms with Crippen LogP contribution in [0.15, 0.2) is 64.7 Å². The Morgan fingerprint density at radius 3 is 2.02 bits per heavy atom. The molecule has 0 spiro atoms. The van der Waals surface area contributed by atoms with Gasteiger partial charge in [-0.15, -0.1) is 11.8 Å². The van der Waals surface area contributed by atoms with E-state index in [0.717, 1.165) is 11.1 Å². The van der Waals surface area contributed by atoms with Gasteiger partial charge in [-0.05, 0) is 75.5 Å². The molecule has 8 amide bonds. The number of nitrogens with one attached hydrogen (secondary N) is 8. The Kier molecular flexibility index (Phi) is 27.1. The number of thiol groups is 1. The minimum atomic E-state index is -1.82. The van der Waals surface area contributed by atoms with Crippen LogP contribution in [-0.4, -0.2) is 171 Å². The zero-order valence-electron chi connectivity index (χ0n) is 45.2. The molecule has 442 valence electrons. The first kappa shape index (κ1) is 65.4. The van der Waals surface area contributed by atoms with Crippen molar-refractivity contribution in [2.24, 2.45) is 38.8 Å². The van der Waals surface area contributed by atoms with Gasteiger partial charge in [0.05, 0.1) is 24.8 Å². The second kappa shape index (κ2) is 33.5. The molecule has 1 aliphatic heterocycles. The summed E-state index contributed by atoms with van der Waals surface area (Å²) in [6.45, 7) is 2.79. The first-order chi connectivity index (χ1) is 38.6. The number of nitrogens with zero attached hydrogens (tertiary/aromatic N) is 3. The fourth-order valence-electron chi connectivity index (χ4n) is 8.73. The maximum absolute atomic E-state index is 14.5. The zero-order chi connectivity index (χ0) is 59.6. The number of nitrogens with two attached hydrogens (primary N) is 4. The highest BCUT2D eigenvalue weighted by Gasteiger charge is 2.40. The van der Waals surface area contributed by atoms with Gasteiger partial charge < -0.3 is 80.2 Å². The smallest absolute Gasteiger partial charge is 0.327 e. The van der Waals surface area contributed by atoms with Gasteiger partial charge >= 0.3 is 11.9 Å². The normalized spacial score (nSPS) is 15.0. The van der Waals surface area contributed by atoms with Crippen LogP contribution in [0.3, 0.4) is 0 Å². The summed E-state index contributed by atoms with van der Waals surface area (Å²) in [7, 11) is 0. The van der Waals surface area contributed by atoms with Crippen LogP contribution in [0, 0.1) is 12.8 Å². The number of aromatic nitrogens is 1. The van der Waals surface area contributed by atoms with Crippen LogP contribution in [0.1, 0.15) is 75.0 Å². The number of fused-ring (bicyclic) bond motifs is 1. The minimum Gasteiger partial charge on any atom is -0.481 e. The van der Waals surface area contributed by atoms with Gasteiger partial charge in [0.1, 0.15) is 36.3 Å². The molecule has 0 radical (unpaired) electrons. The summed E-state index contributed by atoms with van der Waals surface area (Å²) in [4.78, 5) is 146. The van der Waals surface area contributed by atoms with Crippen LogP contribution in [-0.2, 0) is 60.8 Å². The molecule has 1 unspecified atom stereocenters. The number of aliphatic imine (C=N–C) groups is 2. The largest absolute Gasteiger partial charge is 0.481 e. The number of hydrogen-bond donors (Lipinski definition) is 15. The van der Waals surface area contributed by atoms with E-state index in [0.29, 0.717) is 42.1 Å². The van der Waals surface area contributed by atoms with Crippen molar-refractivity contribution < 1.29 is 58.2 Å². The molecule has 7 atom stereocenters. The Morgan fingerprint density at radius 1 is 0.741 bits per heavy atom. The molecule has 27 nitrogen and oxygen atoms in total. The standard InChI is InChI=1S/C52H75N15O12S2/c1-29-14-16-31(17-15-29)21-33(27-81-28-61-30(2)68)44(72)63-37(11-5-6-18-57-51(53)54)46(74)64-36(12-7-19-58-52(55)56)45(73)60-25-42(69)62-38(23-43(70)71)47(75)65-39(22-32-24-59-35-10-4-3-9-34(32)35)49(77)67-20-8-13-41(67)48(76)66-40(26-80)50(78)79/h3-4,9-10,14-17,24,33,36-41,59,80H,5-8,11-13,18-23,25-28H2,1-2H3,(H,60,73)(H,61,68)(H,62,69)(H,63,72)(H,64,74)(H,65,75)(H,66,76)(H,70,71)(H,78,79)(H4,53,54,57)(H4,55,56,58)/t33?,36-,37-,38-,39-,40-,41-/m0/s1. The number of amides is 8. The van der Waals surface area contributed by atoms with Crippen molar-refractivity contribution in [2.45, 2.75) is 114 Å². The highest BCUT2D eigenvalue weighted by Crippen LogP contribution is 2.24. The highest BCUT2D eigenvalue weighted by atomic mass is 32.2. The van der Waals surface area contributed by atoms with E-state index in [1.165, 1.54) is 23.6 Å². The number of rotatable bonds is 34. The summed E-state index contributed by atoms with van der Waals surface area (Å²) in [5.74, 6) is -9.60. The Morgan fingerprint density at radius 2 is 1.37 bits per heavy atom. The maximum atomic E-state index is 14.5. The van der Waals surface area contributed by atoms with Crippen LogP contribution in [0.5, 0.6) is 0 Å². The first-order valence-corrected chi connectivity index (χ1v) is 28.0. The average molecular weight is 1170 g/mol. The molecular weight excluding hydrogens is 1090 g/mol. The third kappa shape index (κ3) is 22.5. The first-order valence-electron chi connectivity index (χ1n) is 26.2. The van der Waals surface area contributed by atoms with Crippen molar-refractivity contribution in [2.75, 3.05) is 43.6 Å². The third-order valence-corrected chi connectivity index (χ3v) is 14.3. The van der Waals surface area contributed by atoms with E-state index < -0.39 is 108 Å². The van der Waals surface area contributed by atoms with E-state index in [1.54, 1.807) is 30.5 Å². The number of carboxylic acids is 2. The Balaban J connectivity index is 1.55. The number of aromatic amines is 1. The number of benzene rings is 2. The molecule has 2 aromatic carbocycles. The van der Waals surface area contributed by atoms with E-state index in [4.69, 9.17) is 22.9 Å². The van der Waals surface area contributed by atoms with Crippen LogP contribution >= 0.6 is 24.4 Å². The molecule has 1 aromatic heterocycles. The number of carbonyl (C=O) groups is 10. The number of carbonyl (C=O) groups excluding carboxylic acids is 8. The SMILES string of the molecule is CC(=O)NCSCC(Cc1ccc(C)cc1)C(=O)N[C@@H](CCCCN=C(N)N)C(=O)N[C@@H](CCCN=C(N)N)C(=O)NCC(=O)N[C@@H](CC(=O)O)C(=O)N[C@@H](Cc1c[nH]c2ccccc12)C(=O)N1CCC[C@H]1C(=O)N[C@@H](CS)C(=O)O. The number of likely N-dealkylation sites (tertiary alicyclic amines) is 1. The van der Waals surface area contributed by atoms with E-state index in [1.807, 2.05) is 31.2 Å². The van der Waals surface area contributed by atoms with Gasteiger partial charge in [-0.1, -0.05) is 48.0 Å². The monoisotopic (exact) mass is 1170 g/mol. The average Bonchev–Trinajstić information content (AvgIpc) is 4.08. The third-order valence-electron chi connectivity index (χ3n) is 12.9. The summed E-state index contributed by atoms with van der Waals surface area (Å²) in [5, 5.41) is 38.1. The predicted molar refractivity (Wildman–Crippen MR) is 307 cm³/mol. The lowest BCUT2D eigenvalue weighted by Crippen LogP contribution is -2.59. The van der Waals surface area contributed by atoms with Crippen molar-refractivity contribution >= 4 is 106 Å². The van der Waals surface area contributed by atoms with Crippen molar-refractivity contribution in [1.29, 1.82) is 0 Å². The summed E-state index contributed by atoms with van der Waals surface area (Å²) in [6.07, 6.45) is 2.22. The van der Waals surface area contributed by atoms with Crippen molar-refractivity contribution in [3.05, 3.63) is 71.4 Å². The molecule has 1 fully saturated rings. The molecule has 2 heterocycles. The molecule has 81 heavy (non-hydrogen) atoms. The number of carboxylic acid groups (broad SMARTS) is 2. The fourth-order valence-corrected chi connectivity index (χ4v) is 9.96. The topological polar surface area (TPSA) is 443 Å². The van der Waals surface area contributed by atoms with Crippen molar-refractivity contribution in [3.8, 4) is 0 Å². The molecule has 1 aliphatic rings. The molecule has 29 heteroatoms. The maximum Gasteiger partial charge on any atom is 0.327 e. The summed E-state index contributed by atoms with van der Waals surface area (Å²) < 4.78 is 0. The van der Waals surface area contributed by atoms with E-state index in [-0.39, 0.29) is 86.9 Å². The Hall–Kier alpha value is -8.08. The number of thioether (sulfide) groups is 1. The highest BCUT2D eigenvalue weighted by molar-refractivity contribution is 7.99. The molecule has 0 saturated carbocycles. The zero-order valence-corrected chi connectivity index (χ0v) is 47.0. The van der Waals surface area contributed by atoms with E-state index in [9.17, 15) is 58.2 Å². The number of unbranched alkanes of at least 4 members (excludes halogenated alkanes) is 1. The van der Waals surface area contributed by atoms with Crippen LogP contribution in [0.2, 0.25) is 0 Å². The van der Waals surface area contributed by atoms with Gasteiger partial charge in [0.2, 0.25) is 47.3 Å². The molecule has 0 bridgehead atoms. The van der Waals surface area contributed by atoms with Crippen LogP contribution in [0.25, 0.3) is 10.9 Å². The van der Waals surface area contributed by atoms with Crippen molar-refractivity contribution in [1.82, 2.24) is 47.1 Å². The van der Waals surface area contributed by atoms with Gasteiger partial charge in [0.15, 0.2) is 11.9 Å². The number of para-hydroxylation sites is 1. The summed E-state index contributed by atoms with van der Waals surface area (Å²) in [6, 6.07) is 6.42. The number of aryl methyl sites for hydroxylation is 1. The lowest BCUT2D eigenvalue weighted by atomic mass is 9.98. The predicted octanol–water partition coefficient (Wildman–Crippen LogP) is -1.78. The van der Waals surface area contributed by atoms with Crippen LogP contribution < -0.4 is 60.2 Å². The Bertz CT molecular complexity index is 2740. The van der Waals surface area contributed by atoms with Gasteiger partial charge in [0.25, 0.3) is 0 Å². The summed E-state index contributed by atoms with van der Waals surface area (Å²) >= 11 is 5.33. The number of guanidine groups is 2. The lowest BCUT2D eigenvalue weighted by Gasteiger charge is -2.30. The van der Waals surface area contributed by atoms with E-state index in [2.05, 4.69) is 64.8 Å². The molecule has 18 N–H and O–H groups in total.